The van der Waals surface area contributed by atoms with Crippen molar-refractivity contribution >= 4 is 20.6 Å². The van der Waals surface area contributed by atoms with Gasteiger partial charge in [-0.2, -0.15) is 11.1 Å². The first-order chi connectivity index (χ1) is 12.4. The van der Waals surface area contributed by atoms with Crippen LogP contribution in [-0.4, -0.2) is 15.4 Å². The van der Waals surface area contributed by atoms with E-state index in [4.69, 9.17) is 5.73 Å². The molecule has 0 spiro atoms. The maximum atomic E-state index is 10.5. The molecular formula is C23H34NOSiTi. The van der Waals surface area contributed by atoms with Crippen molar-refractivity contribution in [2.75, 3.05) is 0 Å². The molecule has 1 aromatic rings. The molecule has 2 nitrogen and oxygen atoms in total. The number of nitrogens with one attached hydrogen (secondary N) is 1. The minimum atomic E-state index is -0.352. The number of hydrogen-bond donors (Lipinski definition) is 0. The molecule has 4 heteroatoms. The van der Waals surface area contributed by atoms with Gasteiger partial charge in [-0.05, 0) is 12.8 Å². The number of amides is 1. The van der Waals surface area contributed by atoms with Crippen LogP contribution in [0.25, 0.3) is 5.73 Å². The van der Waals surface area contributed by atoms with Gasteiger partial charge in [-0.25, -0.2) is 5.57 Å². The van der Waals surface area contributed by atoms with E-state index in [2.05, 4.69) is 70.6 Å². The summed E-state index contributed by atoms with van der Waals surface area (Å²) in [4.78, 5) is 10.5. The molecule has 1 radical (unpaired) electrons. The summed E-state index contributed by atoms with van der Waals surface area (Å²) in [6, 6.07) is 10.6. The Morgan fingerprint density at radius 3 is 1.89 bits per heavy atom. The molecule has 1 fully saturated rings. The largest absolute Gasteiger partial charge is 2.00 e. The van der Waals surface area contributed by atoms with E-state index in [9.17, 15) is 4.79 Å². The quantitative estimate of drug-likeness (QED) is 0.453. The Morgan fingerprint density at radius 2 is 1.63 bits per heavy atom. The minimum absolute atomic E-state index is 0. The summed E-state index contributed by atoms with van der Waals surface area (Å²) in [5, 5.41) is 1.49. The van der Waals surface area contributed by atoms with Crippen molar-refractivity contribution in [3.8, 4) is 0 Å². The summed E-state index contributed by atoms with van der Waals surface area (Å²) < 4.78 is 0. The van der Waals surface area contributed by atoms with E-state index in [0.717, 1.165) is 25.7 Å². The van der Waals surface area contributed by atoms with Crippen molar-refractivity contribution in [3.05, 3.63) is 58.9 Å². The van der Waals surface area contributed by atoms with Crippen molar-refractivity contribution in [3.63, 3.8) is 0 Å². The SMILES string of the molecule is CC1=[C-]C(C)C(C)=C1C.C[SiH]c1ccccc1.[NH-]C(=O)C1CCCCC1.[Ti+2]. The molecule has 2 aliphatic rings. The Labute approximate surface area is 183 Å². The van der Waals surface area contributed by atoms with Crippen LogP contribution in [0.3, 0.4) is 0 Å². The number of carbonyl (C=O) groups is 1. The van der Waals surface area contributed by atoms with Gasteiger partial charge in [0.1, 0.15) is 0 Å². The molecule has 27 heavy (non-hydrogen) atoms. The van der Waals surface area contributed by atoms with Crippen LogP contribution in [0.2, 0.25) is 6.55 Å². The number of hydrogen-bond acceptors (Lipinski definition) is 1. The molecule has 1 unspecified atom stereocenters. The monoisotopic (exact) mass is 416 g/mol. The average Bonchev–Trinajstić information content (AvgIpc) is 2.90. The fraction of sp³-hybridized carbons (Fsp3) is 0.522. The number of carbonyl (C=O) groups excluding carboxylic acids is 1. The zero-order valence-electron chi connectivity index (χ0n) is 17.6. The predicted octanol–water partition coefficient (Wildman–Crippen LogP) is 5.66. The zero-order valence-corrected chi connectivity index (χ0v) is 20.3. The molecule has 0 saturated heterocycles. The van der Waals surface area contributed by atoms with Crippen LogP contribution in [0.1, 0.15) is 59.8 Å². The van der Waals surface area contributed by atoms with Crippen molar-refractivity contribution < 1.29 is 26.5 Å². The summed E-state index contributed by atoms with van der Waals surface area (Å²) >= 11 is 0. The molecule has 1 N–H and O–H groups in total. The Hall–Kier alpha value is -0.899. The first-order valence-corrected chi connectivity index (χ1v) is 11.5. The Bertz CT molecular complexity index is 619. The van der Waals surface area contributed by atoms with Gasteiger partial charge in [0.2, 0.25) is 0 Å². The summed E-state index contributed by atoms with van der Waals surface area (Å²) in [6.45, 7) is 10.9. The van der Waals surface area contributed by atoms with Gasteiger partial charge in [0.15, 0.2) is 0 Å². The normalized spacial score (nSPS) is 19.0. The third-order valence-corrected chi connectivity index (χ3v) is 6.40. The Balaban J connectivity index is 0.000000369. The van der Waals surface area contributed by atoms with E-state index in [1.807, 2.05) is 0 Å². The van der Waals surface area contributed by atoms with E-state index in [-0.39, 0.29) is 33.5 Å². The van der Waals surface area contributed by atoms with Crippen LogP contribution in [0.4, 0.5) is 0 Å². The molecule has 2 aliphatic carbocycles. The first-order valence-electron chi connectivity index (χ1n) is 9.74. The maximum absolute atomic E-state index is 10.5. The summed E-state index contributed by atoms with van der Waals surface area (Å²) in [5.74, 6) is 0.290. The number of benzene rings is 1. The molecule has 1 saturated carbocycles. The first kappa shape index (κ1) is 26.1. The minimum Gasteiger partial charge on any atom is -0.668 e. The van der Waals surface area contributed by atoms with Crippen LogP contribution < -0.4 is 5.19 Å². The second kappa shape index (κ2) is 14.1. The summed E-state index contributed by atoms with van der Waals surface area (Å²) in [5.41, 5.74) is 11.1. The molecule has 0 bridgehead atoms. The molecule has 0 aliphatic heterocycles. The Kier molecular flexibility index (Phi) is 13.7. The van der Waals surface area contributed by atoms with Gasteiger partial charge in [0.05, 0.1) is 15.4 Å². The van der Waals surface area contributed by atoms with Crippen LogP contribution in [-0.2, 0) is 26.5 Å². The van der Waals surface area contributed by atoms with Gasteiger partial charge in [-0.3, -0.25) is 6.08 Å². The number of rotatable bonds is 2. The second-order valence-electron chi connectivity index (χ2n) is 7.20. The van der Waals surface area contributed by atoms with Crippen LogP contribution in [0.5, 0.6) is 0 Å². The standard InChI is InChI=1S/C9H13.C7H13NO.C7H9Si.Ti/c1-6-5-7(2)9(4)8(6)3;8-7(9)6-4-2-1-3-5-6;1-8-7-5-3-2-4-6-7;/h6H,1-4H3;6H,1-5H2,(H2,8,9);2-6,8H,1H3;/q-1;;;+2/p-1. The smallest absolute Gasteiger partial charge is 0.668 e. The summed E-state index contributed by atoms with van der Waals surface area (Å²) in [7, 11) is 0.511. The van der Waals surface area contributed by atoms with Crippen LogP contribution in [0.15, 0.2) is 47.1 Å². The van der Waals surface area contributed by atoms with E-state index < -0.39 is 0 Å². The molecule has 1 amide bonds. The van der Waals surface area contributed by atoms with Crippen LogP contribution in [0, 0.1) is 17.9 Å². The van der Waals surface area contributed by atoms with Gasteiger partial charge < -0.3 is 10.5 Å². The van der Waals surface area contributed by atoms with Gasteiger partial charge in [0.25, 0.3) is 0 Å². The molecule has 0 aromatic heterocycles. The van der Waals surface area contributed by atoms with Gasteiger partial charge in [-0.15, -0.1) is 6.92 Å². The average molecular weight is 416 g/mol. The van der Waals surface area contributed by atoms with Crippen molar-refractivity contribution in [2.24, 2.45) is 11.8 Å². The van der Waals surface area contributed by atoms with E-state index in [0.29, 0.717) is 15.4 Å². The fourth-order valence-electron chi connectivity index (χ4n) is 3.17. The predicted molar refractivity (Wildman–Crippen MR) is 115 cm³/mol. The Morgan fingerprint density at radius 1 is 1.07 bits per heavy atom. The van der Waals surface area contributed by atoms with Crippen molar-refractivity contribution in [1.82, 2.24) is 0 Å². The van der Waals surface area contributed by atoms with Gasteiger partial charge in [0, 0.05) is 5.92 Å². The molecule has 1 aromatic carbocycles. The third-order valence-electron chi connectivity index (χ3n) is 5.35. The van der Waals surface area contributed by atoms with E-state index in [1.54, 1.807) is 0 Å². The van der Waals surface area contributed by atoms with Gasteiger partial charge >= 0.3 is 21.7 Å². The summed E-state index contributed by atoms with van der Waals surface area (Å²) in [6.07, 6.45) is 8.83. The fourth-order valence-corrected chi connectivity index (χ4v) is 3.78. The third kappa shape index (κ3) is 9.73. The van der Waals surface area contributed by atoms with Crippen molar-refractivity contribution in [2.45, 2.75) is 66.3 Å². The number of allylic oxidation sites excluding steroid dienone is 4. The van der Waals surface area contributed by atoms with Crippen LogP contribution >= 0.6 is 0 Å². The molecule has 1 atom stereocenters. The molecule has 0 heterocycles. The van der Waals surface area contributed by atoms with E-state index in [1.165, 1.54) is 28.3 Å². The molecule has 145 valence electrons. The van der Waals surface area contributed by atoms with Gasteiger partial charge in [-0.1, -0.05) is 88.0 Å². The molecule has 3 rings (SSSR count). The second-order valence-corrected chi connectivity index (χ2v) is 8.44. The maximum Gasteiger partial charge on any atom is 2.00 e. The topological polar surface area (TPSA) is 40.9 Å². The van der Waals surface area contributed by atoms with Crippen molar-refractivity contribution in [1.29, 1.82) is 0 Å². The zero-order chi connectivity index (χ0) is 19.5. The molecular weight excluding hydrogens is 382 g/mol. The van der Waals surface area contributed by atoms with E-state index >= 15 is 0 Å².